The Morgan fingerprint density at radius 1 is 1.05 bits per heavy atom. The van der Waals surface area contributed by atoms with Crippen molar-refractivity contribution < 1.29 is 9.59 Å². The number of pyridine rings is 1. The number of aromatic nitrogens is 1. The normalized spacial score (nSPS) is 14.4. The average Bonchev–Trinajstić information content (AvgIpc) is 2.45. The van der Waals surface area contributed by atoms with E-state index in [1.165, 1.54) is 4.90 Å². The van der Waals surface area contributed by atoms with Crippen molar-refractivity contribution in [1.29, 1.82) is 0 Å². The summed E-state index contributed by atoms with van der Waals surface area (Å²) in [7, 11) is 0. The molecule has 4 nitrogen and oxygen atoms in total. The Bertz CT molecular complexity index is 638. The van der Waals surface area contributed by atoms with Crippen LogP contribution in [-0.2, 0) is 17.8 Å². The van der Waals surface area contributed by atoms with E-state index in [2.05, 4.69) is 4.98 Å². The van der Waals surface area contributed by atoms with E-state index in [9.17, 15) is 9.59 Å². The van der Waals surface area contributed by atoms with Crippen LogP contribution in [0.2, 0.25) is 0 Å². The minimum atomic E-state index is -0.219. The molecule has 4 heteroatoms. The number of hydrogen-bond donors (Lipinski definition) is 0. The fraction of sp³-hybridized carbons (Fsp3) is 0.133. The fourth-order valence-corrected chi connectivity index (χ4v) is 2.23. The Hall–Kier alpha value is -2.49. The first-order valence-corrected chi connectivity index (χ1v) is 6.07. The van der Waals surface area contributed by atoms with Gasteiger partial charge in [-0.3, -0.25) is 19.5 Å². The molecule has 0 saturated carbocycles. The van der Waals surface area contributed by atoms with Crippen LogP contribution in [0.5, 0.6) is 0 Å². The van der Waals surface area contributed by atoms with Gasteiger partial charge in [0.05, 0.1) is 13.0 Å². The van der Waals surface area contributed by atoms with Gasteiger partial charge in [0.1, 0.15) is 0 Å². The van der Waals surface area contributed by atoms with E-state index in [4.69, 9.17) is 0 Å². The summed E-state index contributed by atoms with van der Waals surface area (Å²) in [6.45, 7) is 0.300. The second-order valence-electron chi connectivity index (χ2n) is 4.47. The molecule has 0 aliphatic carbocycles. The smallest absolute Gasteiger partial charge is 0.261 e. The Morgan fingerprint density at radius 3 is 2.58 bits per heavy atom. The van der Waals surface area contributed by atoms with Crippen LogP contribution in [-0.4, -0.2) is 21.7 Å². The molecule has 3 rings (SSSR count). The number of benzene rings is 1. The average molecular weight is 252 g/mol. The number of carbonyl (C=O) groups is 2. The van der Waals surface area contributed by atoms with Crippen LogP contribution in [0.1, 0.15) is 21.5 Å². The van der Waals surface area contributed by atoms with E-state index >= 15 is 0 Å². The molecule has 0 atom stereocenters. The zero-order chi connectivity index (χ0) is 13.2. The molecule has 0 bridgehead atoms. The summed E-state index contributed by atoms with van der Waals surface area (Å²) < 4.78 is 0. The fourth-order valence-electron chi connectivity index (χ4n) is 2.23. The van der Waals surface area contributed by atoms with E-state index in [-0.39, 0.29) is 18.2 Å². The van der Waals surface area contributed by atoms with Gasteiger partial charge in [0.25, 0.3) is 5.91 Å². The third kappa shape index (κ3) is 2.12. The van der Waals surface area contributed by atoms with Gasteiger partial charge >= 0.3 is 0 Å². The lowest BCUT2D eigenvalue weighted by Crippen LogP contribution is -2.41. The summed E-state index contributed by atoms with van der Waals surface area (Å²) in [5.74, 6) is -0.371. The number of rotatable bonds is 2. The highest BCUT2D eigenvalue weighted by Crippen LogP contribution is 2.21. The molecular formula is C15H12N2O2. The summed E-state index contributed by atoms with van der Waals surface area (Å²) in [5.41, 5.74) is 2.33. The molecule has 1 aliphatic rings. The second kappa shape index (κ2) is 4.65. The molecule has 2 heterocycles. The molecule has 0 unspecified atom stereocenters. The Morgan fingerprint density at radius 2 is 1.79 bits per heavy atom. The molecule has 2 amide bonds. The zero-order valence-electron chi connectivity index (χ0n) is 10.2. The number of hydrogen-bond acceptors (Lipinski definition) is 3. The van der Waals surface area contributed by atoms with Crippen LogP contribution in [0, 0.1) is 0 Å². The van der Waals surface area contributed by atoms with E-state index in [0.717, 1.165) is 11.1 Å². The van der Waals surface area contributed by atoms with Gasteiger partial charge in [0.2, 0.25) is 5.91 Å². The van der Waals surface area contributed by atoms with E-state index in [1.54, 1.807) is 30.6 Å². The molecule has 0 saturated heterocycles. The Kier molecular flexibility index (Phi) is 2.83. The topological polar surface area (TPSA) is 50.3 Å². The highest BCUT2D eigenvalue weighted by atomic mass is 16.2. The number of fused-ring (bicyclic) bond motifs is 1. The minimum Gasteiger partial charge on any atom is -0.274 e. The molecular weight excluding hydrogens is 240 g/mol. The predicted octanol–water partition coefficient (Wildman–Crippen LogP) is 1.81. The maximum atomic E-state index is 12.3. The molecule has 1 aliphatic heterocycles. The van der Waals surface area contributed by atoms with Crippen molar-refractivity contribution in [3.8, 4) is 0 Å². The van der Waals surface area contributed by atoms with Crippen LogP contribution in [0.25, 0.3) is 0 Å². The third-order valence-electron chi connectivity index (χ3n) is 3.23. The van der Waals surface area contributed by atoms with Crippen LogP contribution in [0.15, 0.2) is 48.8 Å². The van der Waals surface area contributed by atoms with Gasteiger partial charge in [0.15, 0.2) is 0 Å². The SMILES string of the molecule is O=C1Cc2ccccc2C(=O)N1Cc1ccncc1. The van der Waals surface area contributed by atoms with Gasteiger partial charge < -0.3 is 0 Å². The third-order valence-corrected chi connectivity index (χ3v) is 3.23. The summed E-state index contributed by atoms with van der Waals surface area (Å²) in [4.78, 5) is 29.6. The summed E-state index contributed by atoms with van der Waals surface area (Å²) in [6, 6.07) is 10.9. The van der Waals surface area contributed by atoms with Crippen molar-refractivity contribution in [2.45, 2.75) is 13.0 Å². The molecule has 94 valence electrons. The minimum absolute atomic E-state index is 0.152. The molecule has 1 aromatic heterocycles. The number of imide groups is 1. The van der Waals surface area contributed by atoms with Gasteiger partial charge in [-0.05, 0) is 29.3 Å². The second-order valence-corrected chi connectivity index (χ2v) is 4.47. The van der Waals surface area contributed by atoms with Crippen molar-refractivity contribution in [2.75, 3.05) is 0 Å². The van der Waals surface area contributed by atoms with Gasteiger partial charge in [0, 0.05) is 18.0 Å². The van der Waals surface area contributed by atoms with E-state index in [1.807, 2.05) is 18.2 Å². The number of nitrogens with zero attached hydrogens (tertiary/aromatic N) is 2. The van der Waals surface area contributed by atoms with Crippen molar-refractivity contribution >= 4 is 11.8 Å². The molecule has 0 spiro atoms. The van der Waals surface area contributed by atoms with E-state index in [0.29, 0.717) is 12.1 Å². The lowest BCUT2D eigenvalue weighted by molar-refractivity contribution is -0.128. The standard InChI is InChI=1S/C15H12N2O2/c18-14-9-12-3-1-2-4-13(12)15(19)17(14)10-11-5-7-16-8-6-11/h1-8H,9-10H2. The molecule has 0 radical (unpaired) electrons. The van der Waals surface area contributed by atoms with Crippen LogP contribution >= 0.6 is 0 Å². The van der Waals surface area contributed by atoms with Gasteiger partial charge in [-0.15, -0.1) is 0 Å². The first-order chi connectivity index (χ1) is 9.25. The van der Waals surface area contributed by atoms with Crippen molar-refractivity contribution in [3.63, 3.8) is 0 Å². The van der Waals surface area contributed by atoms with Crippen LogP contribution < -0.4 is 0 Å². The monoisotopic (exact) mass is 252 g/mol. The molecule has 1 aromatic carbocycles. The van der Waals surface area contributed by atoms with Crippen molar-refractivity contribution in [2.24, 2.45) is 0 Å². The van der Waals surface area contributed by atoms with E-state index < -0.39 is 0 Å². The van der Waals surface area contributed by atoms with Gasteiger partial charge in [-0.1, -0.05) is 18.2 Å². The number of amides is 2. The predicted molar refractivity (Wildman–Crippen MR) is 69.3 cm³/mol. The molecule has 0 fully saturated rings. The lowest BCUT2D eigenvalue weighted by atomic mass is 9.98. The highest BCUT2D eigenvalue weighted by molar-refractivity contribution is 6.09. The number of carbonyl (C=O) groups excluding carboxylic acids is 2. The molecule has 2 aromatic rings. The largest absolute Gasteiger partial charge is 0.274 e. The summed E-state index contributed by atoms with van der Waals surface area (Å²) in [5, 5.41) is 0. The Balaban J connectivity index is 1.92. The summed E-state index contributed by atoms with van der Waals surface area (Å²) >= 11 is 0. The summed E-state index contributed by atoms with van der Waals surface area (Å²) in [6.07, 6.45) is 3.59. The Labute approximate surface area is 110 Å². The van der Waals surface area contributed by atoms with Crippen molar-refractivity contribution in [1.82, 2.24) is 9.88 Å². The van der Waals surface area contributed by atoms with Crippen LogP contribution in [0.4, 0.5) is 0 Å². The quantitative estimate of drug-likeness (QED) is 0.766. The molecule has 19 heavy (non-hydrogen) atoms. The first-order valence-electron chi connectivity index (χ1n) is 6.07. The highest BCUT2D eigenvalue weighted by Gasteiger charge is 2.30. The maximum absolute atomic E-state index is 12.3. The lowest BCUT2D eigenvalue weighted by Gasteiger charge is -2.26. The zero-order valence-corrected chi connectivity index (χ0v) is 10.2. The van der Waals surface area contributed by atoms with Crippen molar-refractivity contribution in [3.05, 3.63) is 65.5 Å². The van der Waals surface area contributed by atoms with Crippen LogP contribution in [0.3, 0.4) is 0 Å². The van der Waals surface area contributed by atoms with Gasteiger partial charge in [-0.25, -0.2) is 0 Å². The maximum Gasteiger partial charge on any atom is 0.261 e. The molecule has 0 N–H and O–H groups in total. The van der Waals surface area contributed by atoms with Gasteiger partial charge in [-0.2, -0.15) is 0 Å². The first kappa shape index (κ1) is 11.6.